The van der Waals surface area contributed by atoms with E-state index < -0.39 is 0 Å². The van der Waals surface area contributed by atoms with E-state index in [2.05, 4.69) is 9.97 Å². The van der Waals surface area contributed by atoms with Crippen molar-refractivity contribution in [2.75, 3.05) is 33.3 Å². The zero-order valence-corrected chi connectivity index (χ0v) is 17.3. The quantitative estimate of drug-likeness (QED) is 0.677. The highest BCUT2D eigenvalue weighted by Crippen LogP contribution is 2.18. The van der Waals surface area contributed by atoms with Crippen LogP contribution in [0.5, 0.6) is 0 Å². The Morgan fingerprint density at radius 3 is 2.53 bits per heavy atom. The lowest BCUT2D eigenvalue weighted by Gasteiger charge is -2.32. The molecule has 8 nitrogen and oxygen atoms in total. The van der Waals surface area contributed by atoms with E-state index in [1.165, 1.54) is 17.3 Å². The molecular formula is C22H26N4O4. The van der Waals surface area contributed by atoms with Gasteiger partial charge in [0.1, 0.15) is 0 Å². The van der Waals surface area contributed by atoms with Crippen molar-refractivity contribution in [1.82, 2.24) is 19.8 Å². The minimum atomic E-state index is -0.332. The van der Waals surface area contributed by atoms with Crippen molar-refractivity contribution in [1.29, 1.82) is 0 Å². The van der Waals surface area contributed by atoms with Crippen LogP contribution in [0.4, 0.5) is 0 Å². The maximum atomic E-state index is 12.7. The van der Waals surface area contributed by atoms with Gasteiger partial charge in [0.05, 0.1) is 24.6 Å². The fourth-order valence-electron chi connectivity index (χ4n) is 3.43. The van der Waals surface area contributed by atoms with Crippen molar-refractivity contribution >= 4 is 17.8 Å². The molecule has 1 unspecified atom stereocenters. The summed E-state index contributed by atoms with van der Waals surface area (Å²) in [6.07, 6.45) is 4.39. The van der Waals surface area contributed by atoms with Crippen LogP contribution in [0.3, 0.4) is 0 Å². The van der Waals surface area contributed by atoms with Gasteiger partial charge in [0.25, 0.3) is 5.91 Å². The Balaban J connectivity index is 1.58. The lowest BCUT2D eigenvalue weighted by molar-refractivity contribution is -0.151. The summed E-state index contributed by atoms with van der Waals surface area (Å²) < 4.78 is 5.07. The molecule has 1 saturated heterocycles. The number of esters is 1. The first kappa shape index (κ1) is 21.4. The third-order valence-electron chi connectivity index (χ3n) is 5.04. The number of likely N-dealkylation sites (tertiary alicyclic amines) is 1. The van der Waals surface area contributed by atoms with Crippen molar-refractivity contribution in [3.63, 3.8) is 0 Å². The van der Waals surface area contributed by atoms with Crippen LogP contribution in [0.1, 0.15) is 30.1 Å². The molecule has 158 valence electrons. The zero-order valence-electron chi connectivity index (χ0n) is 17.3. The molecule has 0 radical (unpaired) electrons. The Hall–Kier alpha value is -3.29. The third-order valence-corrected chi connectivity index (χ3v) is 5.04. The number of hydrogen-bond acceptors (Lipinski definition) is 6. The molecule has 2 heterocycles. The van der Waals surface area contributed by atoms with Gasteiger partial charge in [-0.3, -0.25) is 14.4 Å². The molecule has 0 aliphatic carbocycles. The molecule has 1 aromatic carbocycles. The van der Waals surface area contributed by atoms with Crippen molar-refractivity contribution in [2.45, 2.75) is 19.8 Å². The number of ether oxygens (including phenoxy) is 1. The Morgan fingerprint density at radius 2 is 1.87 bits per heavy atom. The number of rotatable bonds is 6. The fourth-order valence-corrected chi connectivity index (χ4v) is 3.43. The molecule has 1 aliphatic rings. The number of hydrogen-bond donors (Lipinski definition) is 0. The van der Waals surface area contributed by atoms with E-state index in [4.69, 9.17) is 4.74 Å². The smallest absolute Gasteiger partial charge is 0.310 e. The fraction of sp³-hybridized carbons (Fsp3) is 0.409. The predicted octanol–water partition coefficient (Wildman–Crippen LogP) is 2.02. The number of nitrogens with zero attached hydrogens (tertiary/aromatic N) is 4. The molecule has 8 heteroatoms. The van der Waals surface area contributed by atoms with Crippen molar-refractivity contribution < 1.29 is 19.1 Å². The maximum absolute atomic E-state index is 12.7. The molecule has 1 fully saturated rings. The van der Waals surface area contributed by atoms with Crippen LogP contribution in [-0.4, -0.2) is 70.8 Å². The molecule has 2 aromatic rings. The maximum Gasteiger partial charge on any atom is 0.310 e. The first-order valence-corrected chi connectivity index (χ1v) is 10.1. The van der Waals surface area contributed by atoms with Crippen LogP contribution >= 0.6 is 0 Å². The zero-order chi connectivity index (χ0) is 21.5. The SMILES string of the molecule is CCOC(=O)C1CCCN(C(=O)CN(C)C(=O)c2cnc(-c3ccccc3)nc2)C1. The Kier molecular flexibility index (Phi) is 7.11. The average molecular weight is 410 g/mol. The monoisotopic (exact) mass is 410 g/mol. The molecule has 1 aromatic heterocycles. The molecule has 0 spiro atoms. The molecule has 1 aliphatic heterocycles. The van der Waals surface area contributed by atoms with Crippen LogP contribution in [0.2, 0.25) is 0 Å². The molecule has 0 bridgehead atoms. The summed E-state index contributed by atoms with van der Waals surface area (Å²) in [5.41, 5.74) is 1.18. The first-order chi connectivity index (χ1) is 14.5. The molecule has 1 atom stereocenters. The van der Waals surface area contributed by atoms with E-state index in [1.807, 2.05) is 30.3 Å². The van der Waals surface area contributed by atoms with E-state index in [-0.39, 0.29) is 30.2 Å². The highest BCUT2D eigenvalue weighted by molar-refractivity contribution is 5.96. The highest BCUT2D eigenvalue weighted by Gasteiger charge is 2.30. The van der Waals surface area contributed by atoms with Gasteiger partial charge in [-0.05, 0) is 19.8 Å². The van der Waals surface area contributed by atoms with Gasteiger partial charge >= 0.3 is 5.97 Å². The second-order valence-corrected chi connectivity index (χ2v) is 7.25. The van der Waals surface area contributed by atoms with E-state index >= 15 is 0 Å². The van der Waals surface area contributed by atoms with Gasteiger partial charge in [-0.1, -0.05) is 30.3 Å². The second kappa shape index (κ2) is 9.96. The Morgan fingerprint density at radius 1 is 1.17 bits per heavy atom. The summed E-state index contributed by atoms with van der Waals surface area (Å²) in [5.74, 6) is -0.564. The number of carbonyl (C=O) groups excluding carboxylic acids is 3. The van der Waals surface area contributed by atoms with Gasteiger partial charge in [-0.25, -0.2) is 9.97 Å². The Bertz CT molecular complexity index is 886. The standard InChI is InChI=1S/C22H26N4O4/c1-3-30-22(29)17-10-7-11-26(14-17)19(27)15-25(2)21(28)18-12-23-20(24-13-18)16-8-5-4-6-9-16/h4-6,8-9,12-13,17H,3,7,10-11,14-15H2,1-2H3. The normalized spacial score (nSPS) is 16.1. The predicted molar refractivity (Wildman–Crippen MR) is 110 cm³/mol. The lowest BCUT2D eigenvalue weighted by Crippen LogP contribution is -2.47. The molecule has 0 saturated carbocycles. The summed E-state index contributed by atoms with van der Waals surface area (Å²) in [5, 5.41) is 0. The molecule has 0 N–H and O–H groups in total. The number of aromatic nitrogens is 2. The molecular weight excluding hydrogens is 384 g/mol. The van der Waals surface area contributed by atoms with Gasteiger partial charge in [0.2, 0.25) is 5.91 Å². The Labute approximate surface area is 175 Å². The van der Waals surface area contributed by atoms with Crippen molar-refractivity contribution in [3.05, 3.63) is 48.3 Å². The highest BCUT2D eigenvalue weighted by atomic mass is 16.5. The van der Waals surface area contributed by atoms with Gasteiger partial charge in [-0.2, -0.15) is 0 Å². The van der Waals surface area contributed by atoms with Gasteiger partial charge < -0.3 is 14.5 Å². The summed E-state index contributed by atoms with van der Waals surface area (Å²) in [4.78, 5) is 48.8. The van der Waals surface area contributed by atoms with Crippen LogP contribution in [-0.2, 0) is 14.3 Å². The second-order valence-electron chi connectivity index (χ2n) is 7.25. The summed E-state index contributed by atoms with van der Waals surface area (Å²) >= 11 is 0. The van der Waals surface area contributed by atoms with Crippen molar-refractivity contribution in [3.8, 4) is 11.4 Å². The van der Waals surface area contributed by atoms with Gasteiger partial charge in [-0.15, -0.1) is 0 Å². The average Bonchev–Trinajstić information content (AvgIpc) is 2.79. The van der Waals surface area contributed by atoms with Crippen LogP contribution < -0.4 is 0 Å². The minimum Gasteiger partial charge on any atom is -0.466 e. The van der Waals surface area contributed by atoms with Crippen molar-refractivity contribution in [2.24, 2.45) is 5.92 Å². The van der Waals surface area contributed by atoms with Gasteiger partial charge in [0.15, 0.2) is 5.82 Å². The number of likely N-dealkylation sites (N-methyl/N-ethyl adjacent to an activating group) is 1. The molecule has 2 amide bonds. The number of piperidine rings is 1. The van der Waals surface area contributed by atoms with Crippen LogP contribution in [0, 0.1) is 5.92 Å². The molecule has 3 rings (SSSR count). The van der Waals surface area contributed by atoms with E-state index in [0.29, 0.717) is 37.5 Å². The van der Waals surface area contributed by atoms with Crippen LogP contribution in [0.25, 0.3) is 11.4 Å². The first-order valence-electron chi connectivity index (χ1n) is 10.1. The summed E-state index contributed by atoms with van der Waals surface area (Å²) in [6.45, 7) is 2.92. The largest absolute Gasteiger partial charge is 0.466 e. The molecule has 30 heavy (non-hydrogen) atoms. The van der Waals surface area contributed by atoms with E-state index in [1.54, 1.807) is 18.9 Å². The number of benzene rings is 1. The van der Waals surface area contributed by atoms with Crippen LogP contribution in [0.15, 0.2) is 42.7 Å². The van der Waals surface area contributed by atoms with E-state index in [0.717, 1.165) is 12.0 Å². The minimum absolute atomic E-state index is 0.0746. The lowest BCUT2D eigenvalue weighted by atomic mass is 9.98. The third kappa shape index (κ3) is 5.20. The summed E-state index contributed by atoms with van der Waals surface area (Å²) in [6, 6.07) is 9.48. The summed E-state index contributed by atoms with van der Waals surface area (Å²) in [7, 11) is 1.57. The number of carbonyl (C=O) groups is 3. The van der Waals surface area contributed by atoms with Gasteiger partial charge in [0, 0.05) is 38.1 Å². The number of amides is 2. The van der Waals surface area contributed by atoms with E-state index in [9.17, 15) is 14.4 Å². The topological polar surface area (TPSA) is 92.7 Å².